The molecule has 0 N–H and O–H groups in total. The molecule has 1 aliphatic rings. The van der Waals surface area contributed by atoms with Gasteiger partial charge in [-0.3, -0.25) is 9.59 Å². The van der Waals surface area contributed by atoms with E-state index in [1.54, 1.807) is 0 Å². The minimum Gasteiger partial charge on any atom is -0.465 e. The molecule has 0 spiro atoms. The first-order chi connectivity index (χ1) is 10.3. The van der Waals surface area contributed by atoms with Gasteiger partial charge >= 0.3 is 11.9 Å². The Morgan fingerprint density at radius 3 is 1.91 bits per heavy atom. The van der Waals surface area contributed by atoms with E-state index < -0.39 is 0 Å². The van der Waals surface area contributed by atoms with Crippen molar-refractivity contribution < 1.29 is 19.1 Å². The van der Waals surface area contributed by atoms with Crippen LogP contribution in [0.25, 0.3) is 0 Å². The van der Waals surface area contributed by atoms with Gasteiger partial charge in [-0.05, 0) is 30.6 Å². The summed E-state index contributed by atoms with van der Waals surface area (Å²) in [5.41, 5.74) is 0. The molecule has 0 bridgehead atoms. The van der Waals surface area contributed by atoms with Gasteiger partial charge in [-0.15, -0.1) is 0 Å². The van der Waals surface area contributed by atoms with Crippen LogP contribution in [0.15, 0.2) is 0 Å². The first-order valence-corrected chi connectivity index (χ1v) is 8.64. The fourth-order valence-corrected chi connectivity index (χ4v) is 2.86. The minimum atomic E-state index is -0.351. The third-order valence-corrected chi connectivity index (χ3v) is 4.08. The summed E-state index contributed by atoms with van der Waals surface area (Å²) in [5.74, 6) is -0.0968. The highest BCUT2D eigenvalue weighted by Gasteiger charge is 2.38. The van der Waals surface area contributed by atoms with Gasteiger partial charge in [0.25, 0.3) is 0 Å². The second-order valence-corrected chi connectivity index (χ2v) is 7.53. The highest BCUT2D eigenvalue weighted by atomic mass is 16.5. The van der Waals surface area contributed by atoms with Gasteiger partial charge in [0, 0.05) is 0 Å². The lowest BCUT2D eigenvalue weighted by Crippen LogP contribution is -2.33. The third kappa shape index (κ3) is 6.37. The van der Waals surface area contributed by atoms with Crippen LogP contribution in [-0.4, -0.2) is 25.2 Å². The summed E-state index contributed by atoms with van der Waals surface area (Å²) in [7, 11) is 0. The zero-order chi connectivity index (χ0) is 16.7. The molecule has 1 saturated carbocycles. The molecule has 0 aromatic rings. The van der Waals surface area contributed by atoms with Crippen molar-refractivity contribution in [1.82, 2.24) is 0 Å². The van der Waals surface area contributed by atoms with Gasteiger partial charge in [0.1, 0.15) is 0 Å². The SMILES string of the molecule is CC(C)COC(=O)C1CCCC(C)CC1C(=O)OCC(C)C. The minimum absolute atomic E-state index is 0.228. The summed E-state index contributed by atoms with van der Waals surface area (Å²) in [6, 6.07) is 0. The van der Waals surface area contributed by atoms with Crippen molar-refractivity contribution in [1.29, 1.82) is 0 Å². The Hall–Kier alpha value is -1.06. The number of hydrogen-bond acceptors (Lipinski definition) is 4. The number of rotatable bonds is 6. The van der Waals surface area contributed by atoms with Crippen molar-refractivity contribution in [3.8, 4) is 0 Å². The fraction of sp³-hybridized carbons (Fsp3) is 0.889. The zero-order valence-electron chi connectivity index (χ0n) is 14.8. The first-order valence-electron chi connectivity index (χ1n) is 8.64. The Kier molecular flexibility index (Phi) is 7.91. The number of carbonyl (C=O) groups excluding carboxylic acids is 2. The van der Waals surface area contributed by atoms with Gasteiger partial charge in [-0.1, -0.05) is 47.5 Å². The second-order valence-electron chi connectivity index (χ2n) is 7.53. The molecule has 1 rings (SSSR count). The molecule has 3 unspecified atom stereocenters. The van der Waals surface area contributed by atoms with Gasteiger partial charge < -0.3 is 9.47 Å². The lowest BCUT2D eigenvalue weighted by Gasteiger charge is -2.24. The molecule has 128 valence electrons. The summed E-state index contributed by atoms with van der Waals surface area (Å²) in [6.07, 6.45) is 3.47. The number of hydrogen-bond donors (Lipinski definition) is 0. The summed E-state index contributed by atoms with van der Waals surface area (Å²) in [4.78, 5) is 24.8. The maximum Gasteiger partial charge on any atom is 0.309 e. The quantitative estimate of drug-likeness (QED) is 0.552. The van der Waals surface area contributed by atoms with Gasteiger partial charge in [0.15, 0.2) is 0 Å². The molecule has 3 atom stereocenters. The van der Waals surface area contributed by atoms with Crippen molar-refractivity contribution >= 4 is 11.9 Å². The van der Waals surface area contributed by atoms with E-state index in [2.05, 4.69) is 6.92 Å². The summed E-state index contributed by atoms with van der Waals surface area (Å²) >= 11 is 0. The lowest BCUT2D eigenvalue weighted by molar-refractivity contribution is -0.162. The molecular weight excluding hydrogens is 280 g/mol. The van der Waals surface area contributed by atoms with Crippen LogP contribution in [0.1, 0.15) is 60.3 Å². The molecule has 4 heteroatoms. The van der Waals surface area contributed by atoms with Crippen molar-refractivity contribution in [3.05, 3.63) is 0 Å². The van der Waals surface area contributed by atoms with Gasteiger partial charge in [0.05, 0.1) is 25.0 Å². The average Bonchev–Trinajstić information content (AvgIpc) is 2.63. The number of ether oxygens (including phenoxy) is 2. The van der Waals surface area contributed by atoms with Crippen LogP contribution in [0.2, 0.25) is 0 Å². The zero-order valence-corrected chi connectivity index (χ0v) is 14.8. The Bertz CT molecular complexity index is 362. The largest absolute Gasteiger partial charge is 0.465 e. The average molecular weight is 312 g/mol. The predicted octanol–water partition coefficient (Wildman–Crippen LogP) is 3.83. The van der Waals surface area contributed by atoms with Crippen molar-refractivity contribution in [2.24, 2.45) is 29.6 Å². The van der Waals surface area contributed by atoms with Crippen LogP contribution >= 0.6 is 0 Å². The third-order valence-electron chi connectivity index (χ3n) is 4.08. The Balaban J connectivity index is 2.74. The summed E-state index contributed by atoms with van der Waals surface area (Å²) < 4.78 is 10.8. The smallest absolute Gasteiger partial charge is 0.309 e. The first kappa shape index (κ1) is 19.0. The van der Waals surface area contributed by atoms with Crippen LogP contribution in [0, 0.1) is 29.6 Å². The molecule has 1 aliphatic carbocycles. The second kappa shape index (κ2) is 9.16. The van der Waals surface area contributed by atoms with E-state index in [-0.39, 0.29) is 23.8 Å². The standard InChI is InChI=1S/C18H32O4/c1-12(2)10-21-17(19)15-8-6-7-14(5)9-16(15)18(20)22-11-13(3)4/h12-16H,6-11H2,1-5H3. The highest BCUT2D eigenvalue weighted by molar-refractivity contribution is 5.82. The molecule has 22 heavy (non-hydrogen) atoms. The van der Waals surface area contributed by atoms with E-state index in [0.717, 1.165) is 25.7 Å². The molecule has 1 fully saturated rings. The van der Waals surface area contributed by atoms with Gasteiger partial charge in [0.2, 0.25) is 0 Å². The molecule has 0 aliphatic heterocycles. The van der Waals surface area contributed by atoms with Crippen molar-refractivity contribution in [2.45, 2.75) is 60.3 Å². The molecule has 0 amide bonds. The molecule has 0 aromatic carbocycles. The fourth-order valence-electron chi connectivity index (χ4n) is 2.86. The Morgan fingerprint density at radius 2 is 1.41 bits per heavy atom. The number of esters is 2. The van der Waals surface area contributed by atoms with E-state index in [1.165, 1.54) is 0 Å². The van der Waals surface area contributed by atoms with E-state index in [9.17, 15) is 9.59 Å². The van der Waals surface area contributed by atoms with Crippen LogP contribution in [0.3, 0.4) is 0 Å². The van der Waals surface area contributed by atoms with Crippen LogP contribution in [0.5, 0.6) is 0 Å². The van der Waals surface area contributed by atoms with E-state index in [4.69, 9.17) is 9.47 Å². The topological polar surface area (TPSA) is 52.6 Å². The maximum atomic E-state index is 12.4. The van der Waals surface area contributed by atoms with E-state index in [0.29, 0.717) is 31.0 Å². The molecule has 0 aromatic heterocycles. The monoisotopic (exact) mass is 312 g/mol. The molecule has 0 heterocycles. The molecule has 0 radical (unpaired) electrons. The van der Waals surface area contributed by atoms with Crippen LogP contribution in [-0.2, 0) is 19.1 Å². The molecular formula is C18H32O4. The normalized spacial score (nSPS) is 25.9. The predicted molar refractivity (Wildman–Crippen MR) is 86.2 cm³/mol. The highest BCUT2D eigenvalue weighted by Crippen LogP contribution is 2.34. The Labute approximate surface area is 134 Å². The van der Waals surface area contributed by atoms with Gasteiger partial charge in [-0.25, -0.2) is 0 Å². The van der Waals surface area contributed by atoms with Crippen LogP contribution in [0.4, 0.5) is 0 Å². The van der Waals surface area contributed by atoms with Crippen molar-refractivity contribution in [3.63, 3.8) is 0 Å². The van der Waals surface area contributed by atoms with E-state index >= 15 is 0 Å². The summed E-state index contributed by atoms with van der Waals surface area (Å²) in [6.45, 7) is 11.0. The summed E-state index contributed by atoms with van der Waals surface area (Å²) in [5, 5.41) is 0. The Morgan fingerprint density at radius 1 is 0.909 bits per heavy atom. The van der Waals surface area contributed by atoms with Gasteiger partial charge in [-0.2, -0.15) is 0 Å². The molecule has 4 nitrogen and oxygen atoms in total. The van der Waals surface area contributed by atoms with Crippen molar-refractivity contribution in [2.75, 3.05) is 13.2 Å². The number of carbonyl (C=O) groups is 2. The maximum absolute atomic E-state index is 12.4. The molecule has 0 saturated heterocycles. The van der Waals surface area contributed by atoms with E-state index in [1.807, 2.05) is 27.7 Å². The lowest BCUT2D eigenvalue weighted by atomic mass is 9.86. The van der Waals surface area contributed by atoms with Crippen LogP contribution < -0.4 is 0 Å².